The van der Waals surface area contributed by atoms with Crippen LogP contribution in [-0.4, -0.2) is 9.55 Å². The van der Waals surface area contributed by atoms with Crippen molar-refractivity contribution in [2.45, 2.75) is 45.5 Å². The molecule has 19 heavy (non-hydrogen) atoms. The Morgan fingerprint density at radius 2 is 2.00 bits per heavy atom. The summed E-state index contributed by atoms with van der Waals surface area (Å²) in [4.78, 5) is 4.63. The second kappa shape index (κ2) is 6.27. The SMILES string of the molecule is CC(C)CCC(C)n1c(CCl)nc2ccc(Br)cc21. The summed E-state index contributed by atoms with van der Waals surface area (Å²) in [5.74, 6) is 2.15. The third-order valence-corrected chi connectivity index (χ3v) is 4.18. The van der Waals surface area contributed by atoms with Crippen LogP contribution in [0.2, 0.25) is 0 Å². The van der Waals surface area contributed by atoms with Crippen LogP contribution in [0, 0.1) is 5.92 Å². The van der Waals surface area contributed by atoms with Crippen LogP contribution in [0.4, 0.5) is 0 Å². The van der Waals surface area contributed by atoms with E-state index in [0.717, 1.165) is 28.2 Å². The monoisotopic (exact) mass is 342 g/mol. The fraction of sp³-hybridized carbons (Fsp3) is 0.533. The molecule has 0 aliphatic rings. The molecule has 0 bridgehead atoms. The summed E-state index contributed by atoms with van der Waals surface area (Å²) in [5, 5.41) is 0. The highest BCUT2D eigenvalue weighted by Crippen LogP contribution is 2.28. The minimum Gasteiger partial charge on any atom is -0.324 e. The molecular weight excluding hydrogens is 324 g/mol. The van der Waals surface area contributed by atoms with Gasteiger partial charge in [0.2, 0.25) is 0 Å². The van der Waals surface area contributed by atoms with Crippen LogP contribution < -0.4 is 0 Å². The quantitative estimate of drug-likeness (QED) is 0.652. The Morgan fingerprint density at radius 3 is 2.63 bits per heavy atom. The lowest BCUT2D eigenvalue weighted by Gasteiger charge is -2.18. The Bertz CT molecular complexity index is 563. The van der Waals surface area contributed by atoms with E-state index in [2.05, 4.69) is 52.3 Å². The lowest BCUT2D eigenvalue weighted by Crippen LogP contribution is -2.09. The Kier molecular flexibility index (Phi) is 4.91. The minimum atomic E-state index is 0.426. The molecule has 2 aromatic rings. The molecule has 0 radical (unpaired) electrons. The average molecular weight is 344 g/mol. The minimum absolute atomic E-state index is 0.426. The summed E-state index contributed by atoms with van der Waals surface area (Å²) < 4.78 is 3.37. The molecule has 1 unspecified atom stereocenters. The van der Waals surface area contributed by atoms with Gasteiger partial charge in [-0.05, 0) is 43.9 Å². The number of aromatic nitrogens is 2. The highest BCUT2D eigenvalue weighted by molar-refractivity contribution is 9.10. The fourth-order valence-electron chi connectivity index (χ4n) is 2.41. The van der Waals surface area contributed by atoms with E-state index in [4.69, 9.17) is 11.6 Å². The normalized spacial score (nSPS) is 13.4. The van der Waals surface area contributed by atoms with Gasteiger partial charge in [0.25, 0.3) is 0 Å². The van der Waals surface area contributed by atoms with Crippen molar-refractivity contribution in [1.82, 2.24) is 9.55 Å². The third-order valence-electron chi connectivity index (χ3n) is 3.45. The van der Waals surface area contributed by atoms with Crippen molar-refractivity contribution < 1.29 is 0 Å². The first-order valence-corrected chi connectivity index (χ1v) is 8.08. The standard InChI is InChI=1S/C15H20BrClN2/c1-10(2)4-5-11(3)19-14-8-12(16)6-7-13(14)18-15(19)9-17/h6-8,10-11H,4-5,9H2,1-3H3. The third kappa shape index (κ3) is 3.32. The number of hydrogen-bond donors (Lipinski definition) is 0. The zero-order valence-electron chi connectivity index (χ0n) is 11.7. The van der Waals surface area contributed by atoms with Gasteiger partial charge in [-0.3, -0.25) is 0 Å². The van der Waals surface area contributed by atoms with Gasteiger partial charge in [0.05, 0.1) is 16.9 Å². The molecule has 1 heterocycles. The van der Waals surface area contributed by atoms with E-state index in [1.165, 1.54) is 11.9 Å². The Hall–Kier alpha value is -0.540. The molecule has 0 aliphatic heterocycles. The molecule has 0 spiro atoms. The topological polar surface area (TPSA) is 17.8 Å². The smallest absolute Gasteiger partial charge is 0.125 e. The average Bonchev–Trinajstić information content (AvgIpc) is 2.73. The van der Waals surface area contributed by atoms with Crippen LogP contribution >= 0.6 is 27.5 Å². The summed E-state index contributed by atoms with van der Waals surface area (Å²) in [7, 11) is 0. The molecule has 1 aromatic carbocycles. The predicted octanol–water partition coefficient (Wildman–Crippen LogP) is 5.53. The van der Waals surface area contributed by atoms with E-state index in [9.17, 15) is 0 Å². The first kappa shape index (κ1) is 14.9. The van der Waals surface area contributed by atoms with Gasteiger partial charge in [-0.25, -0.2) is 4.98 Å². The molecule has 0 saturated carbocycles. The van der Waals surface area contributed by atoms with Gasteiger partial charge in [-0.1, -0.05) is 29.8 Å². The number of alkyl halides is 1. The van der Waals surface area contributed by atoms with E-state index < -0.39 is 0 Å². The van der Waals surface area contributed by atoms with E-state index >= 15 is 0 Å². The van der Waals surface area contributed by atoms with Crippen molar-refractivity contribution in [2.75, 3.05) is 0 Å². The zero-order chi connectivity index (χ0) is 14.0. The first-order chi connectivity index (χ1) is 9.02. The van der Waals surface area contributed by atoms with Gasteiger partial charge < -0.3 is 4.57 Å². The second-order valence-corrected chi connectivity index (χ2v) is 6.67. The summed E-state index contributed by atoms with van der Waals surface area (Å²) in [6, 6.07) is 6.62. The second-order valence-electron chi connectivity index (χ2n) is 5.48. The molecule has 0 N–H and O–H groups in total. The van der Waals surface area contributed by atoms with Crippen LogP contribution in [0.25, 0.3) is 11.0 Å². The van der Waals surface area contributed by atoms with Crippen LogP contribution in [0.1, 0.15) is 45.5 Å². The van der Waals surface area contributed by atoms with E-state index in [0.29, 0.717) is 11.9 Å². The van der Waals surface area contributed by atoms with Gasteiger partial charge >= 0.3 is 0 Å². The molecule has 1 atom stereocenters. The molecule has 0 saturated heterocycles. The number of halogens is 2. The van der Waals surface area contributed by atoms with Crippen molar-refractivity contribution in [3.63, 3.8) is 0 Å². The van der Waals surface area contributed by atoms with Gasteiger partial charge in [0.1, 0.15) is 5.82 Å². The fourth-order valence-corrected chi connectivity index (χ4v) is 2.94. The van der Waals surface area contributed by atoms with Crippen LogP contribution in [0.3, 0.4) is 0 Å². The van der Waals surface area contributed by atoms with Crippen LogP contribution in [-0.2, 0) is 5.88 Å². The van der Waals surface area contributed by atoms with E-state index in [1.54, 1.807) is 0 Å². The predicted molar refractivity (Wildman–Crippen MR) is 85.8 cm³/mol. The maximum atomic E-state index is 6.06. The number of rotatable bonds is 5. The Labute approximate surface area is 128 Å². The number of fused-ring (bicyclic) bond motifs is 1. The highest BCUT2D eigenvalue weighted by atomic mass is 79.9. The van der Waals surface area contributed by atoms with E-state index in [-0.39, 0.29) is 0 Å². The number of benzene rings is 1. The summed E-state index contributed by atoms with van der Waals surface area (Å²) in [6.07, 6.45) is 2.37. The molecule has 4 heteroatoms. The lowest BCUT2D eigenvalue weighted by molar-refractivity contribution is 0.440. The molecule has 0 aliphatic carbocycles. The van der Waals surface area contributed by atoms with Crippen molar-refractivity contribution >= 4 is 38.6 Å². The first-order valence-electron chi connectivity index (χ1n) is 6.75. The van der Waals surface area contributed by atoms with Crippen molar-refractivity contribution in [3.8, 4) is 0 Å². The molecule has 2 rings (SSSR count). The largest absolute Gasteiger partial charge is 0.324 e. The van der Waals surface area contributed by atoms with Crippen LogP contribution in [0.15, 0.2) is 22.7 Å². The zero-order valence-corrected chi connectivity index (χ0v) is 14.0. The number of nitrogens with zero attached hydrogens (tertiary/aromatic N) is 2. The van der Waals surface area contributed by atoms with Crippen molar-refractivity contribution in [3.05, 3.63) is 28.5 Å². The number of imidazole rings is 1. The highest BCUT2D eigenvalue weighted by Gasteiger charge is 2.15. The maximum Gasteiger partial charge on any atom is 0.125 e. The lowest BCUT2D eigenvalue weighted by atomic mass is 10.0. The van der Waals surface area contributed by atoms with Gasteiger partial charge in [0.15, 0.2) is 0 Å². The summed E-state index contributed by atoms with van der Waals surface area (Å²) >= 11 is 9.59. The molecule has 104 valence electrons. The summed E-state index contributed by atoms with van der Waals surface area (Å²) in [5.41, 5.74) is 2.19. The van der Waals surface area contributed by atoms with Crippen LogP contribution in [0.5, 0.6) is 0 Å². The van der Waals surface area contributed by atoms with Crippen molar-refractivity contribution in [1.29, 1.82) is 0 Å². The molecule has 0 fully saturated rings. The van der Waals surface area contributed by atoms with Gasteiger partial charge in [-0.2, -0.15) is 0 Å². The summed E-state index contributed by atoms with van der Waals surface area (Å²) in [6.45, 7) is 6.77. The van der Waals surface area contributed by atoms with Gasteiger partial charge in [0, 0.05) is 10.5 Å². The molecule has 2 nitrogen and oxygen atoms in total. The molecular formula is C15H20BrClN2. The molecule has 0 amide bonds. The number of hydrogen-bond acceptors (Lipinski definition) is 1. The Balaban J connectivity index is 2.41. The molecule has 1 aromatic heterocycles. The van der Waals surface area contributed by atoms with Gasteiger partial charge in [-0.15, -0.1) is 11.6 Å². The van der Waals surface area contributed by atoms with Crippen molar-refractivity contribution in [2.24, 2.45) is 5.92 Å². The maximum absolute atomic E-state index is 6.06. The Morgan fingerprint density at radius 1 is 1.26 bits per heavy atom. The van der Waals surface area contributed by atoms with E-state index in [1.807, 2.05) is 12.1 Å².